The molecule has 1 heterocycles. The number of carbonyl (C=O) groups excluding carboxylic acids is 1. The van der Waals surface area contributed by atoms with Crippen LogP contribution in [-0.2, 0) is 0 Å². The molecule has 0 amide bonds. The first-order chi connectivity index (χ1) is 19.0. The summed E-state index contributed by atoms with van der Waals surface area (Å²) in [7, 11) is 0. The molecule has 4 nitrogen and oxygen atoms in total. The van der Waals surface area contributed by atoms with Crippen LogP contribution in [0.15, 0.2) is 60.9 Å². The molecule has 0 bridgehead atoms. The fourth-order valence-electron chi connectivity index (χ4n) is 3.62. The van der Waals surface area contributed by atoms with Crippen LogP contribution in [-0.4, -0.2) is 57.2 Å². The number of imidazole rings is 1. The number of alkyl halides is 13. The number of ether oxygens (including phenoxy) is 1. The predicted molar refractivity (Wildman–Crippen MR) is 119 cm³/mol. The number of Topliss-reactive ketones (excluding diaryl/α,β-unsaturated/α-hetero) is 1. The Hall–Kier alpha value is -3.79. The Balaban J connectivity index is 2.21. The summed E-state index contributed by atoms with van der Waals surface area (Å²) in [6, 6.07) is 9.37. The molecule has 1 atom stereocenters. The normalized spacial score (nSPS) is 14.5. The molecule has 0 saturated carbocycles. The van der Waals surface area contributed by atoms with Crippen molar-refractivity contribution in [3.8, 4) is 11.4 Å². The van der Waals surface area contributed by atoms with Gasteiger partial charge in [-0.25, -0.2) is 4.98 Å². The molecule has 0 unspecified atom stereocenters. The molecule has 0 spiro atoms. The molecule has 0 saturated heterocycles. The maximum Gasteiger partial charge on any atom is 0.460 e. The highest BCUT2D eigenvalue weighted by molar-refractivity contribution is 5.98. The number of rotatable bonds is 10. The van der Waals surface area contributed by atoms with Gasteiger partial charge in [-0.05, 0) is 37.6 Å². The van der Waals surface area contributed by atoms with E-state index in [2.05, 4.69) is 9.72 Å². The zero-order chi connectivity index (χ0) is 32.1. The van der Waals surface area contributed by atoms with Gasteiger partial charge in [0.1, 0.15) is 5.75 Å². The number of ketones is 1. The second kappa shape index (κ2) is 10.5. The van der Waals surface area contributed by atoms with Gasteiger partial charge in [-0.1, -0.05) is 35.9 Å². The van der Waals surface area contributed by atoms with Crippen LogP contribution >= 0.6 is 0 Å². The van der Waals surface area contributed by atoms with Crippen LogP contribution in [0, 0.1) is 13.8 Å². The van der Waals surface area contributed by atoms with Gasteiger partial charge in [-0.3, -0.25) is 9.36 Å². The van der Waals surface area contributed by atoms with E-state index in [4.69, 9.17) is 0 Å². The van der Waals surface area contributed by atoms with Crippen LogP contribution in [0.3, 0.4) is 0 Å². The highest BCUT2D eigenvalue weighted by Crippen LogP contribution is 2.61. The van der Waals surface area contributed by atoms with Gasteiger partial charge in [0, 0.05) is 12.4 Å². The molecular weight excluding hydrogens is 607 g/mol. The first kappa shape index (κ1) is 32.7. The number of para-hydroxylation sites is 1. The Morgan fingerprint density at radius 3 is 1.79 bits per heavy atom. The van der Waals surface area contributed by atoms with Gasteiger partial charge in [-0.2, -0.15) is 57.1 Å². The second-order valence-electron chi connectivity index (χ2n) is 9.00. The van der Waals surface area contributed by atoms with Crippen molar-refractivity contribution in [1.82, 2.24) is 9.55 Å². The van der Waals surface area contributed by atoms with Crippen molar-refractivity contribution in [2.45, 2.75) is 55.7 Å². The molecule has 17 heteroatoms. The highest BCUT2D eigenvalue weighted by atomic mass is 19.4. The monoisotopic (exact) mass is 624 g/mol. The van der Waals surface area contributed by atoms with Gasteiger partial charge in [-0.15, -0.1) is 0 Å². The number of hydrogen-bond donors (Lipinski definition) is 0. The molecule has 0 radical (unpaired) electrons. The average molecular weight is 624 g/mol. The van der Waals surface area contributed by atoms with E-state index in [1.54, 1.807) is 0 Å². The molecule has 0 N–H and O–H groups in total. The molecular formula is C25H17F13N2O2. The van der Waals surface area contributed by atoms with E-state index >= 15 is 8.78 Å². The molecule has 3 aromatic rings. The molecule has 1 aromatic heterocycles. The second-order valence-corrected chi connectivity index (χ2v) is 9.00. The molecule has 0 aliphatic rings. The summed E-state index contributed by atoms with van der Waals surface area (Å²) in [4.78, 5) is 16.7. The maximum absolute atomic E-state index is 15.3. The number of benzene rings is 2. The fraction of sp³-hybridized carbons (Fsp3) is 0.360. The van der Waals surface area contributed by atoms with Crippen molar-refractivity contribution in [2.75, 3.05) is 0 Å². The number of aryl methyl sites for hydroxylation is 2. The summed E-state index contributed by atoms with van der Waals surface area (Å²) < 4.78 is 186. The number of hydrogen-bond acceptors (Lipinski definition) is 3. The predicted octanol–water partition coefficient (Wildman–Crippen LogP) is 7.86. The molecule has 42 heavy (non-hydrogen) atoms. The van der Waals surface area contributed by atoms with E-state index in [1.807, 2.05) is 0 Å². The number of nitrogens with zero attached hydrogens (tertiary/aromatic N) is 2. The Bertz CT molecular complexity index is 1430. The fourth-order valence-corrected chi connectivity index (χ4v) is 3.62. The number of aromatic nitrogens is 2. The van der Waals surface area contributed by atoms with Crippen LogP contribution in [0.25, 0.3) is 5.69 Å². The van der Waals surface area contributed by atoms with Gasteiger partial charge in [0.15, 0.2) is 5.82 Å². The Labute approximate surface area is 227 Å². The third kappa shape index (κ3) is 5.06. The summed E-state index contributed by atoms with van der Waals surface area (Å²) in [5, 5.41) is 0. The van der Waals surface area contributed by atoms with Crippen LogP contribution in [0.2, 0.25) is 0 Å². The quantitative estimate of drug-likeness (QED) is 0.171. The lowest BCUT2D eigenvalue weighted by Crippen LogP contribution is -2.72. The van der Waals surface area contributed by atoms with Gasteiger partial charge >= 0.3 is 35.8 Å². The topological polar surface area (TPSA) is 44.1 Å². The van der Waals surface area contributed by atoms with E-state index in [0.29, 0.717) is 11.1 Å². The highest BCUT2D eigenvalue weighted by Gasteiger charge is 2.92. The van der Waals surface area contributed by atoms with E-state index < -0.39 is 59.3 Å². The SMILES string of the molecule is Cc1ccc(O[C@H](C(=O)c2nccn2-c2ccccc2C)C(F)(F)C(F)(F)C(F)(F)C(F)(F)C(F)(F)C(F)(F)F)cc1. The third-order valence-corrected chi connectivity index (χ3v) is 6.04. The lowest BCUT2D eigenvalue weighted by Gasteiger charge is -2.41. The minimum absolute atomic E-state index is 0.0178. The molecule has 2 aromatic carbocycles. The minimum Gasteiger partial charge on any atom is -0.475 e. The van der Waals surface area contributed by atoms with Crippen molar-refractivity contribution >= 4 is 5.78 Å². The van der Waals surface area contributed by atoms with Crippen LogP contribution < -0.4 is 4.74 Å². The van der Waals surface area contributed by atoms with Gasteiger partial charge in [0.2, 0.25) is 11.9 Å². The lowest BCUT2D eigenvalue weighted by atomic mass is 9.90. The number of carbonyl (C=O) groups is 1. The largest absolute Gasteiger partial charge is 0.475 e. The zero-order valence-electron chi connectivity index (χ0n) is 21.0. The summed E-state index contributed by atoms with van der Waals surface area (Å²) in [5.41, 5.74) is 0.750. The Kier molecular flexibility index (Phi) is 8.17. The van der Waals surface area contributed by atoms with Crippen molar-refractivity contribution < 1.29 is 66.6 Å². The summed E-state index contributed by atoms with van der Waals surface area (Å²) in [6.07, 6.45) is -10.0. The maximum atomic E-state index is 15.3. The smallest absolute Gasteiger partial charge is 0.460 e. The number of halogens is 13. The summed E-state index contributed by atoms with van der Waals surface area (Å²) >= 11 is 0. The first-order valence-electron chi connectivity index (χ1n) is 11.3. The van der Waals surface area contributed by atoms with Crippen LogP contribution in [0.1, 0.15) is 21.7 Å². The van der Waals surface area contributed by atoms with Crippen molar-refractivity contribution in [3.63, 3.8) is 0 Å². The lowest BCUT2D eigenvalue weighted by molar-refractivity contribution is -0.442. The minimum atomic E-state index is -8.14. The van der Waals surface area contributed by atoms with E-state index in [9.17, 15) is 53.1 Å². The first-order valence-corrected chi connectivity index (χ1v) is 11.3. The van der Waals surface area contributed by atoms with E-state index in [0.717, 1.165) is 41.2 Å². The third-order valence-electron chi connectivity index (χ3n) is 6.04. The van der Waals surface area contributed by atoms with Gasteiger partial charge < -0.3 is 4.74 Å². The zero-order valence-corrected chi connectivity index (χ0v) is 21.0. The summed E-state index contributed by atoms with van der Waals surface area (Å²) in [5.74, 6) is -43.2. The van der Waals surface area contributed by atoms with Crippen LogP contribution in [0.4, 0.5) is 57.1 Å². The van der Waals surface area contributed by atoms with Crippen molar-refractivity contribution in [1.29, 1.82) is 0 Å². The molecule has 0 aliphatic heterocycles. The van der Waals surface area contributed by atoms with Crippen molar-refractivity contribution in [2.24, 2.45) is 0 Å². The Morgan fingerprint density at radius 1 is 0.738 bits per heavy atom. The molecule has 0 aliphatic carbocycles. The van der Waals surface area contributed by atoms with Crippen molar-refractivity contribution in [3.05, 3.63) is 77.9 Å². The van der Waals surface area contributed by atoms with E-state index in [1.165, 1.54) is 38.1 Å². The van der Waals surface area contributed by atoms with Gasteiger partial charge in [0.25, 0.3) is 0 Å². The standard InChI is InChI=1S/C25H17F13N2O2/c1-13-7-9-15(10-8-13)42-18(17(41)19-39-11-12-40(19)16-6-4-3-5-14(16)2)20(26,27)21(28,29)22(30,31)23(32,33)24(34,35)25(36,37)38/h3-12,18H,1-2H3/t18-/m1/s1. The molecule has 230 valence electrons. The molecule has 3 rings (SSSR count). The van der Waals surface area contributed by atoms with Crippen LogP contribution in [0.5, 0.6) is 5.75 Å². The Morgan fingerprint density at radius 2 is 1.26 bits per heavy atom. The summed E-state index contributed by atoms with van der Waals surface area (Å²) in [6.45, 7) is 2.88. The van der Waals surface area contributed by atoms with Gasteiger partial charge in [0.05, 0.1) is 5.69 Å². The van der Waals surface area contributed by atoms with E-state index in [-0.39, 0.29) is 5.69 Å². The average Bonchev–Trinajstić information content (AvgIpc) is 3.36. The molecule has 0 fully saturated rings.